The lowest BCUT2D eigenvalue weighted by Crippen LogP contribution is -2.15. The lowest BCUT2D eigenvalue weighted by molar-refractivity contribution is -0.113. The first-order valence-electron chi connectivity index (χ1n) is 10.2. The molecule has 33 heavy (non-hydrogen) atoms. The molecule has 4 rings (SSSR count). The largest absolute Gasteiger partial charge is 0.493 e. The first kappa shape index (κ1) is 23.1. The van der Waals surface area contributed by atoms with Crippen molar-refractivity contribution < 1.29 is 13.9 Å². The number of methoxy groups -OCH3 is 1. The van der Waals surface area contributed by atoms with E-state index in [9.17, 15) is 4.79 Å². The van der Waals surface area contributed by atoms with Crippen LogP contribution in [0.4, 0.5) is 5.69 Å². The predicted molar refractivity (Wildman–Crippen MR) is 135 cm³/mol. The fourth-order valence-corrected chi connectivity index (χ4v) is 4.68. The minimum absolute atomic E-state index is 0.132. The van der Waals surface area contributed by atoms with Crippen LogP contribution in [-0.4, -0.2) is 33.5 Å². The number of allylic oxidation sites excluding steroid dienone is 1. The fraction of sp³-hybridized carbons (Fsp3) is 0.208. The van der Waals surface area contributed by atoms with Gasteiger partial charge in [-0.2, -0.15) is 0 Å². The van der Waals surface area contributed by atoms with Gasteiger partial charge in [0.25, 0.3) is 0 Å². The number of anilines is 1. The van der Waals surface area contributed by atoms with E-state index in [1.54, 1.807) is 13.2 Å². The number of carbonyl (C=O) groups is 1. The van der Waals surface area contributed by atoms with E-state index in [4.69, 9.17) is 9.15 Å². The maximum absolute atomic E-state index is 12.6. The monoisotopic (exact) mass is 526 g/mol. The maximum atomic E-state index is 12.6. The van der Waals surface area contributed by atoms with Crippen LogP contribution in [0.3, 0.4) is 0 Å². The molecule has 0 aliphatic heterocycles. The molecule has 4 aromatic rings. The summed E-state index contributed by atoms with van der Waals surface area (Å²) in [5.41, 5.74) is 3.66. The molecular formula is C24H23BrN4O3S. The average molecular weight is 527 g/mol. The summed E-state index contributed by atoms with van der Waals surface area (Å²) in [7, 11) is 1.60. The number of halogens is 1. The number of thioether (sulfide) groups is 1. The van der Waals surface area contributed by atoms with E-state index >= 15 is 0 Å². The number of ether oxygens (including phenoxy) is 1. The predicted octanol–water partition coefficient (Wildman–Crippen LogP) is 6.00. The van der Waals surface area contributed by atoms with Gasteiger partial charge in [-0.3, -0.25) is 9.36 Å². The number of amides is 1. The van der Waals surface area contributed by atoms with Gasteiger partial charge in [0.1, 0.15) is 0 Å². The molecule has 0 fully saturated rings. The molecule has 0 aliphatic carbocycles. The molecule has 0 atom stereocenters. The summed E-state index contributed by atoms with van der Waals surface area (Å²) in [4.78, 5) is 12.6. The molecule has 1 amide bonds. The number of nitrogens with one attached hydrogen (secondary N) is 1. The molecule has 0 unspecified atom stereocenters. The van der Waals surface area contributed by atoms with Crippen molar-refractivity contribution in [3.05, 3.63) is 64.7 Å². The highest BCUT2D eigenvalue weighted by molar-refractivity contribution is 9.10. The highest BCUT2D eigenvalue weighted by Gasteiger charge is 2.19. The zero-order chi connectivity index (χ0) is 23.5. The van der Waals surface area contributed by atoms with Gasteiger partial charge in [-0.1, -0.05) is 30.0 Å². The average Bonchev–Trinajstić information content (AvgIpc) is 3.40. The Labute approximate surface area is 204 Å². The van der Waals surface area contributed by atoms with E-state index in [2.05, 4.69) is 38.0 Å². The number of benzene rings is 2. The van der Waals surface area contributed by atoms with Crippen LogP contribution < -0.4 is 10.1 Å². The van der Waals surface area contributed by atoms with Crippen LogP contribution >= 0.6 is 27.7 Å². The van der Waals surface area contributed by atoms with Gasteiger partial charge >= 0.3 is 0 Å². The van der Waals surface area contributed by atoms with Crippen LogP contribution in [0.25, 0.3) is 22.6 Å². The van der Waals surface area contributed by atoms with Crippen LogP contribution in [0.1, 0.15) is 11.1 Å². The van der Waals surface area contributed by atoms with E-state index in [1.807, 2.05) is 54.8 Å². The van der Waals surface area contributed by atoms with Crippen molar-refractivity contribution in [2.45, 2.75) is 25.5 Å². The third-order valence-electron chi connectivity index (χ3n) is 5.17. The van der Waals surface area contributed by atoms with Crippen LogP contribution in [0.5, 0.6) is 5.75 Å². The number of hydrogen-bond acceptors (Lipinski definition) is 6. The molecule has 0 spiro atoms. The number of para-hydroxylation sites is 1. The lowest BCUT2D eigenvalue weighted by atomic mass is 10.1. The summed E-state index contributed by atoms with van der Waals surface area (Å²) in [5, 5.41) is 13.1. The van der Waals surface area contributed by atoms with Crippen molar-refractivity contribution >= 4 is 50.3 Å². The Morgan fingerprint density at radius 3 is 2.82 bits per heavy atom. The molecular weight excluding hydrogens is 504 g/mol. The molecule has 0 saturated carbocycles. The highest BCUT2D eigenvalue weighted by atomic mass is 79.9. The highest BCUT2D eigenvalue weighted by Crippen LogP contribution is 2.34. The van der Waals surface area contributed by atoms with Gasteiger partial charge in [-0.15, -0.1) is 16.8 Å². The molecule has 1 N–H and O–H groups in total. The SMILES string of the molecule is C=CCn1c(SCC(=O)Nc2cc(C)c(C)cc2Br)nnc1-c1cc2cccc(OC)c2o1. The summed E-state index contributed by atoms with van der Waals surface area (Å²) >= 11 is 4.82. The molecule has 7 nitrogen and oxygen atoms in total. The molecule has 2 heterocycles. The summed E-state index contributed by atoms with van der Waals surface area (Å²) in [5.74, 6) is 1.83. The van der Waals surface area contributed by atoms with Crippen LogP contribution in [0.15, 0.2) is 63.1 Å². The zero-order valence-electron chi connectivity index (χ0n) is 18.5. The Morgan fingerprint density at radius 2 is 2.06 bits per heavy atom. The summed E-state index contributed by atoms with van der Waals surface area (Å²) in [6.07, 6.45) is 1.76. The first-order chi connectivity index (χ1) is 15.9. The van der Waals surface area contributed by atoms with Gasteiger partial charge in [0.05, 0.1) is 18.6 Å². The molecule has 0 aliphatic rings. The number of furan rings is 1. The minimum Gasteiger partial charge on any atom is -0.493 e. The van der Waals surface area contributed by atoms with E-state index < -0.39 is 0 Å². The number of hydrogen-bond donors (Lipinski definition) is 1. The lowest BCUT2D eigenvalue weighted by Gasteiger charge is -2.10. The van der Waals surface area contributed by atoms with E-state index in [1.165, 1.54) is 11.8 Å². The standard InChI is InChI=1S/C24H23BrN4O3S/c1-5-9-29-23(20-12-16-7-6-8-19(31-4)22(16)32-20)27-28-24(29)33-13-21(30)26-18-11-15(3)14(2)10-17(18)25/h5-8,10-12H,1,9,13H2,2-4H3,(H,26,30). The summed E-state index contributed by atoms with van der Waals surface area (Å²) < 4.78 is 14.2. The second-order valence-corrected chi connectivity index (χ2v) is 9.24. The number of nitrogens with zero attached hydrogens (tertiary/aromatic N) is 3. The number of fused-ring (bicyclic) bond motifs is 1. The summed E-state index contributed by atoms with van der Waals surface area (Å²) in [6, 6.07) is 11.5. The molecule has 2 aromatic heterocycles. The zero-order valence-corrected chi connectivity index (χ0v) is 20.9. The van der Waals surface area contributed by atoms with Crippen molar-refractivity contribution in [2.75, 3.05) is 18.2 Å². The van der Waals surface area contributed by atoms with Crippen molar-refractivity contribution in [3.63, 3.8) is 0 Å². The Bertz CT molecular complexity index is 1350. The van der Waals surface area contributed by atoms with Gasteiger partial charge in [0, 0.05) is 16.4 Å². The van der Waals surface area contributed by atoms with E-state index in [0.29, 0.717) is 34.6 Å². The minimum atomic E-state index is -0.132. The van der Waals surface area contributed by atoms with E-state index in [0.717, 1.165) is 26.7 Å². The third kappa shape index (κ3) is 4.84. The van der Waals surface area contributed by atoms with Crippen LogP contribution in [-0.2, 0) is 11.3 Å². The topological polar surface area (TPSA) is 82.2 Å². The van der Waals surface area contributed by atoms with Crippen LogP contribution in [0.2, 0.25) is 0 Å². The van der Waals surface area contributed by atoms with Crippen molar-refractivity contribution in [1.82, 2.24) is 14.8 Å². The normalized spacial score (nSPS) is 11.0. The third-order valence-corrected chi connectivity index (χ3v) is 6.79. The molecule has 0 saturated heterocycles. The Balaban J connectivity index is 1.54. The number of aromatic nitrogens is 3. The first-order valence-corrected chi connectivity index (χ1v) is 12.0. The Morgan fingerprint density at radius 1 is 1.27 bits per heavy atom. The van der Waals surface area contributed by atoms with Gasteiger partial charge in [-0.05, 0) is 65.2 Å². The molecule has 170 valence electrons. The smallest absolute Gasteiger partial charge is 0.234 e. The molecule has 0 bridgehead atoms. The number of carbonyl (C=O) groups excluding carboxylic acids is 1. The van der Waals surface area contributed by atoms with Crippen molar-refractivity contribution in [2.24, 2.45) is 0 Å². The Hall–Kier alpha value is -3.04. The fourth-order valence-electron chi connectivity index (χ4n) is 3.37. The van der Waals surface area contributed by atoms with Gasteiger partial charge in [0.15, 0.2) is 22.2 Å². The van der Waals surface area contributed by atoms with Gasteiger partial charge < -0.3 is 14.5 Å². The molecule has 9 heteroatoms. The van der Waals surface area contributed by atoms with Crippen molar-refractivity contribution in [3.8, 4) is 17.3 Å². The second-order valence-electron chi connectivity index (χ2n) is 7.45. The Kier molecular flexibility index (Phi) is 6.90. The second kappa shape index (κ2) is 9.84. The molecule has 0 radical (unpaired) electrons. The summed E-state index contributed by atoms with van der Waals surface area (Å²) in [6.45, 7) is 8.36. The van der Waals surface area contributed by atoms with E-state index in [-0.39, 0.29) is 11.7 Å². The maximum Gasteiger partial charge on any atom is 0.234 e. The van der Waals surface area contributed by atoms with Crippen molar-refractivity contribution in [1.29, 1.82) is 0 Å². The quantitative estimate of drug-likeness (QED) is 0.224. The molecule has 2 aromatic carbocycles. The van der Waals surface area contributed by atoms with Crippen LogP contribution in [0, 0.1) is 13.8 Å². The number of rotatable bonds is 8. The number of aryl methyl sites for hydroxylation is 2. The van der Waals surface area contributed by atoms with Gasteiger partial charge in [0.2, 0.25) is 11.7 Å². The van der Waals surface area contributed by atoms with Gasteiger partial charge in [-0.25, -0.2) is 0 Å².